The highest BCUT2D eigenvalue weighted by Gasteiger charge is 2.12. The van der Waals surface area contributed by atoms with Gasteiger partial charge in [0.15, 0.2) is 0 Å². The Bertz CT molecular complexity index is 250. The van der Waals surface area contributed by atoms with Gasteiger partial charge in [0.1, 0.15) is 11.3 Å². The van der Waals surface area contributed by atoms with Crippen LogP contribution in [0.4, 0.5) is 0 Å². The first-order chi connectivity index (χ1) is 6.29. The van der Waals surface area contributed by atoms with E-state index in [9.17, 15) is 4.79 Å². The Morgan fingerprint density at radius 2 is 2.15 bits per heavy atom. The number of carbonyl (C=O) groups is 1. The molecular weight excluding hydrogens is 168 g/mol. The average Bonchev–Trinajstić information content (AvgIpc) is 2.67. The van der Waals surface area contributed by atoms with Crippen molar-refractivity contribution in [2.45, 2.75) is 27.2 Å². The van der Waals surface area contributed by atoms with E-state index in [-0.39, 0.29) is 5.97 Å². The summed E-state index contributed by atoms with van der Waals surface area (Å²) in [4.78, 5) is 11.0. The monoisotopic (exact) mass is 184 g/mol. The summed E-state index contributed by atoms with van der Waals surface area (Å²) < 4.78 is 9.57. The maximum atomic E-state index is 11.0. The van der Waals surface area contributed by atoms with Gasteiger partial charge in [0, 0.05) is 6.42 Å². The molecule has 0 aromatic carbocycles. The van der Waals surface area contributed by atoms with E-state index in [4.69, 9.17) is 4.42 Å². The standard InChI is InChI=1S/C8H10O3.C2H6/c1-3-7-6(4-5-11-7)8(9)10-2;1-2/h4-5H,3H2,1-2H3;1-2H3. The first-order valence-corrected chi connectivity index (χ1v) is 4.44. The third-order valence-electron chi connectivity index (χ3n) is 1.47. The molecule has 0 saturated carbocycles. The van der Waals surface area contributed by atoms with Gasteiger partial charge in [-0.1, -0.05) is 20.8 Å². The summed E-state index contributed by atoms with van der Waals surface area (Å²) in [6.07, 6.45) is 2.20. The van der Waals surface area contributed by atoms with E-state index < -0.39 is 0 Å². The van der Waals surface area contributed by atoms with Crippen molar-refractivity contribution >= 4 is 5.97 Å². The van der Waals surface area contributed by atoms with Gasteiger partial charge >= 0.3 is 5.97 Å². The maximum Gasteiger partial charge on any atom is 0.341 e. The zero-order chi connectivity index (χ0) is 10.3. The molecule has 0 aliphatic heterocycles. The number of furan rings is 1. The lowest BCUT2D eigenvalue weighted by molar-refractivity contribution is 0.0598. The van der Waals surface area contributed by atoms with Gasteiger partial charge in [-0.25, -0.2) is 4.79 Å². The Hall–Kier alpha value is -1.25. The Balaban J connectivity index is 0.000000671. The topological polar surface area (TPSA) is 39.4 Å². The molecule has 0 bridgehead atoms. The molecule has 0 unspecified atom stereocenters. The number of aryl methyl sites for hydroxylation is 1. The Morgan fingerprint density at radius 3 is 2.62 bits per heavy atom. The minimum absolute atomic E-state index is 0.337. The minimum Gasteiger partial charge on any atom is -0.468 e. The zero-order valence-corrected chi connectivity index (χ0v) is 8.59. The van der Waals surface area contributed by atoms with E-state index in [0.717, 1.165) is 0 Å². The van der Waals surface area contributed by atoms with Crippen LogP contribution in [-0.2, 0) is 11.2 Å². The SMILES string of the molecule is CC.CCc1occc1C(=O)OC. The minimum atomic E-state index is -0.337. The molecule has 0 amide bonds. The molecule has 0 aliphatic rings. The normalized spacial score (nSPS) is 8.62. The van der Waals surface area contributed by atoms with Gasteiger partial charge in [0.25, 0.3) is 0 Å². The summed E-state index contributed by atoms with van der Waals surface area (Å²) in [7, 11) is 1.36. The molecule has 0 spiro atoms. The van der Waals surface area contributed by atoms with Crippen LogP contribution in [0.1, 0.15) is 36.9 Å². The summed E-state index contributed by atoms with van der Waals surface area (Å²) in [6, 6.07) is 1.62. The van der Waals surface area contributed by atoms with E-state index >= 15 is 0 Å². The number of ether oxygens (including phenoxy) is 1. The fraction of sp³-hybridized carbons (Fsp3) is 0.500. The van der Waals surface area contributed by atoms with Crippen molar-refractivity contribution in [3.8, 4) is 0 Å². The lowest BCUT2D eigenvalue weighted by atomic mass is 10.2. The summed E-state index contributed by atoms with van der Waals surface area (Å²) in [5.74, 6) is 0.340. The number of hydrogen-bond donors (Lipinski definition) is 0. The van der Waals surface area contributed by atoms with Crippen LogP contribution in [0.25, 0.3) is 0 Å². The van der Waals surface area contributed by atoms with Crippen molar-refractivity contribution in [2.75, 3.05) is 7.11 Å². The molecule has 0 fully saturated rings. The molecule has 0 atom stereocenters. The largest absolute Gasteiger partial charge is 0.468 e. The van der Waals surface area contributed by atoms with E-state index in [1.54, 1.807) is 6.07 Å². The molecule has 0 aliphatic carbocycles. The third kappa shape index (κ3) is 2.93. The first kappa shape index (κ1) is 11.8. The van der Waals surface area contributed by atoms with E-state index in [0.29, 0.717) is 17.7 Å². The summed E-state index contributed by atoms with van der Waals surface area (Å²) in [5, 5.41) is 0. The lowest BCUT2D eigenvalue weighted by Gasteiger charge is -1.96. The van der Waals surface area contributed by atoms with Gasteiger partial charge in [-0.05, 0) is 6.07 Å². The van der Waals surface area contributed by atoms with Crippen LogP contribution in [0, 0.1) is 0 Å². The van der Waals surface area contributed by atoms with Crippen molar-refractivity contribution in [3.05, 3.63) is 23.7 Å². The molecule has 0 saturated heterocycles. The number of hydrogen-bond acceptors (Lipinski definition) is 3. The predicted octanol–water partition coefficient (Wildman–Crippen LogP) is 2.65. The molecule has 1 aromatic heterocycles. The quantitative estimate of drug-likeness (QED) is 0.663. The first-order valence-electron chi connectivity index (χ1n) is 4.44. The number of esters is 1. The Kier molecular flexibility index (Phi) is 5.68. The van der Waals surface area contributed by atoms with Crippen LogP contribution >= 0.6 is 0 Å². The van der Waals surface area contributed by atoms with E-state index in [1.165, 1.54) is 13.4 Å². The zero-order valence-electron chi connectivity index (χ0n) is 8.59. The van der Waals surface area contributed by atoms with Crippen molar-refractivity contribution in [3.63, 3.8) is 0 Å². The van der Waals surface area contributed by atoms with Crippen molar-refractivity contribution in [2.24, 2.45) is 0 Å². The summed E-state index contributed by atoms with van der Waals surface area (Å²) >= 11 is 0. The molecule has 0 N–H and O–H groups in total. The van der Waals surface area contributed by atoms with Crippen molar-refractivity contribution < 1.29 is 13.9 Å². The number of methoxy groups -OCH3 is 1. The fourth-order valence-corrected chi connectivity index (χ4v) is 0.906. The fourth-order valence-electron chi connectivity index (χ4n) is 0.906. The highest BCUT2D eigenvalue weighted by molar-refractivity contribution is 5.90. The molecule has 1 rings (SSSR count). The molecule has 13 heavy (non-hydrogen) atoms. The van der Waals surface area contributed by atoms with Crippen LogP contribution in [0.5, 0.6) is 0 Å². The molecule has 1 heterocycles. The number of rotatable bonds is 2. The molecular formula is C10H16O3. The highest BCUT2D eigenvalue weighted by atomic mass is 16.5. The lowest BCUT2D eigenvalue weighted by Crippen LogP contribution is -2.01. The van der Waals surface area contributed by atoms with Crippen LogP contribution in [0.2, 0.25) is 0 Å². The second kappa shape index (κ2) is 6.29. The van der Waals surface area contributed by atoms with Crippen LogP contribution < -0.4 is 0 Å². The Labute approximate surface area is 78.7 Å². The second-order valence-electron chi connectivity index (χ2n) is 2.10. The molecule has 1 aromatic rings. The second-order valence-corrected chi connectivity index (χ2v) is 2.10. The summed E-state index contributed by atoms with van der Waals surface area (Å²) in [6.45, 7) is 5.92. The maximum absolute atomic E-state index is 11.0. The van der Waals surface area contributed by atoms with Crippen molar-refractivity contribution in [1.29, 1.82) is 0 Å². The van der Waals surface area contributed by atoms with Crippen LogP contribution in [0.3, 0.4) is 0 Å². The van der Waals surface area contributed by atoms with Gasteiger partial charge in [-0.15, -0.1) is 0 Å². The van der Waals surface area contributed by atoms with Gasteiger partial charge in [-0.2, -0.15) is 0 Å². The Morgan fingerprint density at radius 1 is 1.54 bits per heavy atom. The van der Waals surface area contributed by atoms with E-state index in [2.05, 4.69) is 4.74 Å². The van der Waals surface area contributed by atoms with Crippen molar-refractivity contribution in [1.82, 2.24) is 0 Å². The molecule has 3 heteroatoms. The molecule has 0 radical (unpaired) electrons. The third-order valence-corrected chi connectivity index (χ3v) is 1.47. The van der Waals surface area contributed by atoms with Gasteiger partial charge in [0.2, 0.25) is 0 Å². The highest BCUT2D eigenvalue weighted by Crippen LogP contribution is 2.11. The van der Waals surface area contributed by atoms with Crippen LogP contribution in [0.15, 0.2) is 16.7 Å². The van der Waals surface area contributed by atoms with E-state index in [1.807, 2.05) is 20.8 Å². The molecule has 74 valence electrons. The van der Waals surface area contributed by atoms with Gasteiger partial charge < -0.3 is 9.15 Å². The average molecular weight is 184 g/mol. The predicted molar refractivity (Wildman–Crippen MR) is 50.8 cm³/mol. The van der Waals surface area contributed by atoms with Gasteiger partial charge in [-0.3, -0.25) is 0 Å². The smallest absolute Gasteiger partial charge is 0.341 e. The summed E-state index contributed by atoms with van der Waals surface area (Å²) in [5.41, 5.74) is 0.523. The molecule has 3 nitrogen and oxygen atoms in total. The van der Waals surface area contributed by atoms with Crippen LogP contribution in [-0.4, -0.2) is 13.1 Å². The van der Waals surface area contributed by atoms with Gasteiger partial charge in [0.05, 0.1) is 13.4 Å². The number of carbonyl (C=O) groups excluding carboxylic acids is 1.